The zero-order valence-corrected chi connectivity index (χ0v) is 8.71. The Morgan fingerprint density at radius 1 is 1.57 bits per heavy atom. The molecule has 4 nitrogen and oxygen atoms in total. The molecule has 1 atom stereocenters. The van der Waals surface area contributed by atoms with Gasteiger partial charge in [-0.05, 0) is 13.8 Å². The molecule has 0 saturated carbocycles. The summed E-state index contributed by atoms with van der Waals surface area (Å²) in [7, 11) is 0. The molecule has 0 saturated heterocycles. The van der Waals surface area contributed by atoms with Gasteiger partial charge in [0, 0.05) is 13.2 Å². The lowest BCUT2D eigenvalue weighted by Gasteiger charge is -2.14. The highest BCUT2D eigenvalue weighted by atomic mass is 16.5. The second kappa shape index (κ2) is 5.78. The van der Waals surface area contributed by atoms with Gasteiger partial charge >= 0.3 is 5.97 Å². The lowest BCUT2D eigenvalue weighted by atomic mass is 10.1. The Kier molecular flexibility index (Phi) is 4.62. The van der Waals surface area contributed by atoms with E-state index in [2.05, 4.69) is 5.32 Å². The summed E-state index contributed by atoms with van der Waals surface area (Å²) in [6.45, 7) is 6.06. The van der Waals surface area contributed by atoms with Crippen molar-refractivity contribution in [1.82, 2.24) is 5.32 Å². The van der Waals surface area contributed by atoms with E-state index in [4.69, 9.17) is 9.47 Å². The van der Waals surface area contributed by atoms with Crippen LogP contribution in [0.25, 0.3) is 0 Å². The molecule has 0 spiro atoms. The average Bonchev–Trinajstić information content (AvgIpc) is 2.63. The molecule has 0 radical (unpaired) electrons. The van der Waals surface area contributed by atoms with E-state index in [9.17, 15) is 4.79 Å². The minimum atomic E-state index is -0.234. The third kappa shape index (κ3) is 2.82. The lowest BCUT2D eigenvalue weighted by Crippen LogP contribution is -2.33. The van der Waals surface area contributed by atoms with Crippen LogP contribution in [-0.4, -0.2) is 38.4 Å². The Morgan fingerprint density at radius 3 is 3.00 bits per heavy atom. The van der Waals surface area contributed by atoms with Gasteiger partial charge in [-0.25, -0.2) is 4.79 Å². The third-order valence-electron chi connectivity index (χ3n) is 2.06. The Balaban J connectivity index is 2.45. The summed E-state index contributed by atoms with van der Waals surface area (Å²) in [5, 5.41) is 3.16. The average molecular weight is 199 g/mol. The monoisotopic (exact) mass is 199 g/mol. The molecule has 0 unspecified atom stereocenters. The first-order valence-electron chi connectivity index (χ1n) is 4.97. The standard InChI is InChI=1S/C10H17NO3/c1-3-13-7-9-8(5-6-11-9)10(12)14-4-2/h5,9,11H,3-4,6-7H2,1-2H3/t9-/m0/s1. The van der Waals surface area contributed by atoms with E-state index in [1.165, 1.54) is 0 Å². The zero-order chi connectivity index (χ0) is 10.4. The quantitative estimate of drug-likeness (QED) is 0.654. The number of rotatable bonds is 5. The van der Waals surface area contributed by atoms with E-state index in [0.29, 0.717) is 31.9 Å². The first-order chi connectivity index (χ1) is 6.79. The topological polar surface area (TPSA) is 47.6 Å². The summed E-state index contributed by atoms with van der Waals surface area (Å²) >= 11 is 0. The Morgan fingerprint density at radius 2 is 2.36 bits per heavy atom. The summed E-state index contributed by atoms with van der Waals surface area (Å²) in [6, 6.07) is -0.00556. The molecule has 1 rings (SSSR count). The predicted octanol–water partition coefficient (Wildman–Crippen LogP) is 0.484. The Hall–Kier alpha value is -0.870. The number of ether oxygens (including phenoxy) is 2. The largest absolute Gasteiger partial charge is 0.463 e. The molecule has 80 valence electrons. The van der Waals surface area contributed by atoms with Crippen LogP contribution in [0.15, 0.2) is 11.6 Å². The number of hydrogen-bond donors (Lipinski definition) is 1. The molecule has 1 aliphatic heterocycles. The fourth-order valence-electron chi connectivity index (χ4n) is 1.39. The van der Waals surface area contributed by atoms with E-state index in [0.717, 1.165) is 0 Å². The molecule has 14 heavy (non-hydrogen) atoms. The molecule has 0 aromatic rings. The van der Waals surface area contributed by atoms with E-state index >= 15 is 0 Å². The van der Waals surface area contributed by atoms with Gasteiger partial charge in [0.25, 0.3) is 0 Å². The summed E-state index contributed by atoms with van der Waals surface area (Å²) < 4.78 is 10.2. The van der Waals surface area contributed by atoms with Crippen LogP contribution >= 0.6 is 0 Å². The lowest BCUT2D eigenvalue weighted by molar-refractivity contribution is -0.138. The summed E-state index contributed by atoms with van der Waals surface area (Å²) in [6.07, 6.45) is 1.86. The van der Waals surface area contributed by atoms with Crippen molar-refractivity contribution in [3.63, 3.8) is 0 Å². The fraction of sp³-hybridized carbons (Fsp3) is 0.700. The van der Waals surface area contributed by atoms with Crippen LogP contribution in [0.2, 0.25) is 0 Å². The summed E-state index contributed by atoms with van der Waals surface area (Å²) in [4.78, 5) is 11.4. The Bertz CT molecular complexity index is 225. The molecule has 0 amide bonds. The van der Waals surface area contributed by atoms with Gasteiger partial charge in [-0.1, -0.05) is 6.08 Å². The van der Waals surface area contributed by atoms with Crippen molar-refractivity contribution in [3.8, 4) is 0 Å². The van der Waals surface area contributed by atoms with E-state index in [-0.39, 0.29) is 12.0 Å². The highest BCUT2D eigenvalue weighted by Gasteiger charge is 2.25. The van der Waals surface area contributed by atoms with Crippen molar-refractivity contribution in [3.05, 3.63) is 11.6 Å². The minimum Gasteiger partial charge on any atom is -0.463 e. The van der Waals surface area contributed by atoms with E-state index in [1.54, 1.807) is 6.92 Å². The van der Waals surface area contributed by atoms with Crippen LogP contribution in [0.5, 0.6) is 0 Å². The van der Waals surface area contributed by atoms with Crippen LogP contribution in [0.4, 0.5) is 0 Å². The van der Waals surface area contributed by atoms with Gasteiger partial charge in [0.2, 0.25) is 0 Å². The highest BCUT2D eigenvalue weighted by Crippen LogP contribution is 2.11. The summed E-state index contributed by atoms with van der Waals surface area (Å²) in [5.74, 6) is -0.234. The molecular weight excluding hydrogens is 182 g/mol. The fourth-order valence-corrected chi connectivity index (χ4v) is 1.39. The molecular formula is C10H17NO3. The van der Waals surface area contributed by atoms with Gasteiger partial charge < -0.3 is 14.8 Å². The van der Waals surface area contributed by atoms with Crippen LogP contribution in [0, 0.1) is 0 Å². The summed E-state index contributed by atoms with van der Waals surface area (Å²) in [5.41, 5.74) is 0.695. The highest BCUT2D eigenvalue weighted by molar-refractivity contribution is 5.90. The molecule has 4 heteroatoms. The molecule has 1 aliphatic rings. The molecule has 0 bridgehead atoms. The molecule has 0 fully saturated rings. The first kappa shape index (κ1) is 11.2. The van der Waals surface area contributed by atoms with Crippen molar-refractivity contribution < 1.29 is 14.3 Å². The van der Waals surface area contributed by atoms with Crippen molar-refractivity contribution in [2.45, 2.75) is 19.9 Å². The first-order valence-corrected chi connectivity index (χ1v) is 4.97. The van der Waals surface area contributed by atoms with Crippen molar-refractivity contribution in [1.29, 1.82) is 0 Å². The molecule has 0 aromatic carbocycles. The van der Waals surface area contributed by atoms with Crippen molar-refractivity contribution in [2.24, 2.45) is 0 Å². The zero-order valence-electron chi connectivity index (χ0n) is 8.71. The normalized spacial score (nSPS) is 20.7. The number of carbonyl (C=O) groups excluding carboxylic acids is 1. The maximum absolute atomic E-state index is 11.4. The minimum absolute atomic E-state index is 0.00556. The number of nitrogens with one attached hydrogen (secondary N) is 1. The van der Waals surface area contributed by atoms with Crippen LogP contribution in [0.1, 0.15) is 13.8 Å². The molecule has 0 aromatic heterocycles. The smallest absolute Gasteiger partial charge is 0.335 e. The van der Waals surface area contributed by atoms with Gasteiger partial charge in [-0.2, -0.15) is 0 Å². The van der Waals surface area contributed by atoms with Crippen LogP contribution < -0.4 is 5.32 Å². The van der Waals surface area contributed by atoms with Crippen molar-refractivity contribution >= 4 is 5.97 Å². The molecule has 1 heterocycles. The van der Waals surface area contributed by atoms with Gasteiger partial charge in [0.05, 0.1) is 24.8 Å². The van der Waals surface area contributed by atoms with Gasteiger partial charge in [0.1, 0.15) is 0 Å². The SMILES string of the molecule is CCOC[C@@H]1NCC=C1C(=O)OCC. The second-order valence-corrected chi connectivity index (χ2v) is 3.00. The van der Waals surface area contributed by atoms with E-state index < -0.39 is 0 Å². The molecule has 1 N–H and O–H groups in total. The maximum Gasteiger partial charge on any atom is 0.335 e. The molecule has 0 aliphatic carbocycles. The Labute approximate surface area is 84.3 Å². The number of esters is 1. The van der Waals surface area contributed by atoms with Gasteiger partial charge in [-0.3, -0.25) is 0 Å². The van der Waals surface area contributed by atoms with Gasteiger partial charge in [0.15, 0.2) is 0 Å². The van der Waals surface area contributed by atoms with Crippen LogP contribution in [-0.2, 0) is 14.3 Å². The second-order valence-electron chi connectivity index (χ2n) is 3.00. The number of hydrogen-bond acceptors (Lipinski definition) is 4. The third-order valence-corrected chi connectivity index (χ3v) is 2.06. The van der Waals surface area contributed by atoms with E-state index in [1.807, 2.05) is 13.0 Å². The predicted molar refractivity (Wildman–Crippen MR) is 53.0 cm³/mol. The van der Waals surface area contributed by atoms with Crippen LogP contribution in [0.3, 0.4) is 0 Å². The number of carbonyl (C=O) groups is 1. The maximum atomic E-state index is 11.4. The van der Waals surface area contributed by atoms with Gasteiger partial charge in [-0.15, -0.1) is 0 Å². The van der Waals surface area contributed by atoms with Crippen molar-refractivity contribution in [2.75, 3.05) is 26.4 Å².